The van der Waals surface area contributed by atoms with Gasteiger partial charge >= 0.3 is 0 Å². The van der Waals surface area contributed by atoms with Crippen molar-refractivity contribution in [3.8, 4) is 0 Å². The molecule has 6 heteroatoms. The van der Waals surface area contributed by atoms with Gasteiger partial charge in [-0.3, -0.25) is 4.99 Å². The smallest absolute Gasteiger partial charge is 0.176 e. The zero-order chi connectivity index (χ0) is 12.8. The molecule has 5 nitrogen and oxygen atoms in total. The molecule has 0 bridgehead atoms. The minimum absolute atomic E-state index is 0. The van der Waals surface area contributed by atoms with Crippen LogP contribution in [0.2, 0.25) is 0 Å². The second kappa shape index (κ2) is 5.20. The molecule has 0 spiro atoms. The highest BCUT2D eigenvalue weighted by Crippen LogP contribution is 2.38. The van der Waals surface area contributed by atoms with Crippen LogP contribution in [0.25, 0.3) is 11.2 Å². The van der Waals surface area contributed by atoms with Gasteiger partial charge in [-0.2, -0.15) is 0 Å². The van der Waals surface area contributed by atoms with Crippen molar-refractivity contribution >= 4 is 23.6 Å². The fourth-order valence-corrected chi connectivity index (χ4v) is 2.42. The molecule has 2 saturated carbocycles. The van der Waals surface area contributed by atoms with Crippen LogP contribution < -0.4 is 5.49 Å². The van der Waals surface area contributed by atoms with Gasteiger partial charge in [0, 0.05) is 12.5 Å². The lowest BCUT2D eigenvalue weighted by Crippen LogP contribution is -2.15. The van der Waals surface area contributed by atoms with Crippen molar-refractivity contribution in [2.24, 2.45) is 4.99 Å². The van der Waals surface area contributed by atoms with Crippen LogP contribution in [0.4, 0.5) is 0 Å². The number of H-pyrrole nitrogens is 1. The third-order valence-corrected chi connectivity index (χ3v) is 3.80. The molecule has 0 aromatic carbocycles. The Labute approximate surface area is 124 Å². The van der Waals surface area contributed by atoms with E-state index in [-0.39, 0.29) is 12.4 Å². The van der Waals surface area contributed by atoms with Gasteiger partial charge in [-0.15, -0.1) is 12.4 Å². The lowest BCUT2D eigenvalue weighted by atomic mass is 10.4. The third kappa shape index (κ3) is 2.46. The highest BCUT2D eigenvalue weighted by Gasteiger charge is 2.28. The van der Waals surface area contributed by atoms with Crippen molar-refractivity contribution in [2.75, 3.05) is 0 Å². The highest BCUT2D eigenvalue weighted by atomic mass is 35.5. The van der Waals surface area contributed by atoms with Crippen LogP contribution >= 0.6 is 12.4 Å². The van der Waals surface area contributed by atoms with Crippen LogP contribution in [0.5, 0.6) is 0 Å². The van der Waals surface area contributed by atoms with E-state index in [9.17, 15) is 0 Å². The normalized spacial score (nSPS) is 19.4. The van der Waals surface area contributed by atoms with Crippen molar-refractivity contribution in [3.05, 3.63) is 17.6 Å². The Bertz CT molecular complexity index is 678. The monoisotopic (exact) mass is 293 g/mol. The minimum Gasteiger partial charge on any atom is -0.337 e. The van der Waals surface area contributed by atoms with Gasteiger partial charge in [0.1, 0.15) is 11.3 Å². The van der Waals surface area contributed by atoms with Crippen LogP contribution in [-0.4, -0.2) is 25.6 Å². The molecule has 4 rings (SSSR count). The Kier molecular flexibility index (Phi) is 3.54. The molecule has 2 aliphatic carbocycles. The maximum Gasteiger partial charge on any atom is 0.176 e. The molecule has 2 aromatic rings. The van der Waals surface area contributed by atoms with Gasteiger partial charge in [0.05, 0.1) is 12.4 Å². The van der Waals surface area contributed by atoms with E-state index >= 15 is 0 Å². The SMILES string of the molecule is CCCn1cnc(=NC2CC2)c2[nH]c(C3CC3)nc21.Cl. The molecule has 2 heterocycles. The number of nitrogens with one attached hydrogen (secondary N) is 1. The highest BCUT2D eigenvalue weighted by molar-refractivity contribution is 5.85. The molecular weight excluding hydrogens is 274 g/mol. The van der Waals surface area contributed by atoms with Crippen molar-refractivity contribution in [3.63, 3.8) is 0 Å². The predicted octanol–water partition coefficient (Wildman–Crippen LogP) is 2.53. The molecule has 2 aromatic heterocycles. The summed E-state index contributed by atoms with van der Waals surface area (Å²) in [6, 6.07) is 0.491. The van der Waals surface area contributed by atoms with E-state index in [2.05, 4.69) is 21.5 Å². The number of aromatic amines is 1. The van der Waals surface area contributed by atoms with E-state index in [1.54, 1.807) is 0 Å². The second-order valence-corrected chi connectivity index (χ2v) is 5.72. The summed E-state index contributed by atoms with van der Waals surface area (Å²) >= 11 is 0. The molecule has 108 valence electrons. The van der Waals surface area contributed by atoms with Crippen LogP contribution in [0, 0.1) is 0 Å². The second-order valence-electron chi connectivity index (χ2n) is 5.72. The molecule has 0 atom stereocenters. The number of nitrogens with zero attached hydrogens (tertiary/aromatic N) is 4. The Morgan fingerprint density at radius 1 is 1.35 bits per heavy atom. The first kappa shape index (κ1) is 13.6. The Morgan fingerprint density at radius 3 is 2.80 bits per heavy atom. The van der Waals surface area contributed by atoms with E-state index in [1.165, 1.54) is 25.7 Å². The quantitative estimate of drug-likeness (QED) is 0.942. The Hall–Kier alpha value is -1.36. The van der Waals surface area contributed by atoms with Crippen molar-refractivity contribution < 1.29 is 0 Å². The molecule has 0 radical (unpaired) electrons. The van der Waals surface area contributed by atoms with Gasteiger partial charge in [0.15, 0.2) is 11.1 Å². The van der Waals surface area contributed by atoms with Crippen molar-refractivity contribution in [1.29, 1.82) is 0 Å². The molecule has 0 saturated heterocycles. The van der Waals surface area contributed by atoms with Gasteiger partial charge in [0.2, 0.25) is 0 Å². The first-order chi connectivity index (χ1) is 9.35. The number of hydrogen-bond donors (Lipinski definition) is 1. The number of rotatable bonds is 4. The summed E-state index contributed by atoms with van der Waals surface area (Å²) in [5.74, 6) is 1.76. The summed E-state index contributed by atoms with van der Waals surface area (Å²) in [6.45, 7) is 3.14. The minimum atomic E-state index is 0. The summed E-state index contributed by atoms with van der Waals surface area (Å²) in [4.78, 5) is 17.5. The van der Waals surface area contributed by atoms with Crippen molar-refractivity contribution in [2.45, 2.75) is 57.5 Å². The van der Waals surface area contributed by atoms with Crippen LogP contribution in [0.15, 0.2) is 11.3 Å². The maximum atomic E-state index is 4.79. The third-order valence-electron chi connectivity index (χ3n) is 3.80. The topological polar surface area (TPSA) is 58.9 Å². The van der Waals surface area contributed by atoms with Crippen LogP contribution in [-0.2, 0) is 6.54 Å². The lowest BCUT2D eigenvalue weighted by molar-refractivity contribution is 0.675. The number of fused-ring (bicyclic) bond motifs is 1. The summed E-state index contributed by atoms with van der Waals surface area (Å²) in [5, 5.41) is 0. The van der Waals surface area contributed by atoms with Crippen molar-refractivity contribution in [1.82, 2.24) is 19.5 Å². The average Bonchev–Trinajstić information content (AvgIpc) is 3.32. The van der Waals surface area contributed by atoms with Gasteiger partial charge in [0.25, 0.3) is 0 Å². The van der Waals surface area contributed by atoms with Gasteiger partial charge in [-0.05, 0) is 32.1 Å². The largest absolute Gasteiger partial charge is 0.337 e. The van der Waals surface area contributed by atoms with E-state index in [4.69, 9.17) is 9.98 Å². The number of imidazole rings is 1. The summed E-state index contributed by atoms with van der Waals surface area (Å²) < 4.78 is 2.14. The van der Waals surface area contributed by atoms with Gasteiger partial charge < -0.3 is 9.55 Å². The maximum absolute atomic E-state index is 4.79. The zero-order valence-corrected chi connectivity index (χ0v) is 12.5. The fourth-order valence-electron chi connectivity index (χ4n) is 2.42. The summed E-state index contributed by atoms with van der Waals surface area (Å²) in [7, 11) is 0. The number of hydrogen-bond acceptors (Lipinski definition) is 3. The summed E-state index contributed by atoms with van der Waals surface area (Å²) in [6.07, 6.45) is 7.91. The van der Waals surface area contributed by atoms with E-state index < -0.39 is 0 Å². The Balaban J connectivity index is 0.00000121. The first-order valence-electron chi connectivity index (χ1n) is 7.34. The molecule has 2 aliphatic rings. The fraction of sp³-hybridized carbons (Fsp3) is 0.643. The predicted molar refractivity (Wildman–Crippen MR) is 80.0 cm³/mol. The summed E-state index contributed by atoms with van der Waals surface area (Å²) in [5.41, 5.74) is 2.91. The molecular formula is C14H20ClN5. The van der Waals surface area contributed by atoms with E-state index in [0.29, 0.717) is 12.0 Å². The molecule has 20 heavy (non-hydrogen) atoms. The lowest BCUT2D eigenvalue weighted by Gasteiger charge is -2.04. The zero-order valence-electron chi connectivity index (χ0n) is 11.7. The van der Waals surface area contributed by atoms with Gasteiger partial charge in [-0.1, -0.05) is 6.92 Å². The first-order valence-corrected chi connectivity index (χ1v) is 7.34. The standard InChI is InChI=1S/C14H19N5.ClH/c1-2-7-19-8-15-13(16-10-5-6-10)11-14(19)18-12(17-11)9-3-4-9;/h8-10H,2-7H2,1H3,(H,17,18);1H. The molecule has 0 unspecified atom stereocenters. The average molecular weight is 294 g/mol. The number of aryl methyl sites for hydroxylation is 1. The molecule has 0 aliphatic heterocycles. The number of aromatic nitrogens is 4. The van der Waals surface area contributed by atoms with E-state index in [0.717, 1.165) is 35.4 Å². The van der Waals surface area contributed by atoms with Gasteiger partial charge in [-0.25, -0.2) is 9.97 Å². The van der Waals surface area contributed by atoms with Crippen LogP contribution in [0.1, 0.15) is 50.8 Å². The number of halogens is 1. The Morgan fingerprint density at radius 2 is 2.15 bits per heavy atom. The molecule has 0 amide bonds. The van der Waals surface area contributed by atoms with Crippen LogP contribution in [0.3, 0.4) is 0 Å². The molecule has 2 fully saturated rings. The molecule has 1 N–H and O–H groups in total. The van der Waals surface area contributed by atoms with E-state index in [1.807, 2.05) is 6.33 Å².